The molecule has 0 N–H and O–H groups in total. The fraction of sp³-hybridized carbons (Fsp3) is 0.151. The van der Waals surface area contributed by atoms with Crippen LogP contribution in [0, 0.1) is 0 Å². The Kier molecular flexibility index (Phi) is 11.7. The molecule has 0 amide bonds. The average molecular weight is 1470 g/mol. The monoisotopic (exact) mass is 1470 g/mol. The van der Waals surface area contributed by atoms with E-state index in [2.05, 4.69) is 248 Å². The highest BCUT2D eigenvalue weighted by Gasteiger charge is 2.46. The van der Waals surface area contributed by atoms with E-state index < -0.39 is 114 Å². The number of nitrogens with zero attached hydrogens (tertiary/aromatic N) is 6. The molecule has 6 heterocycles. The van der Waals surface area contributed by atoms with Gasteiger partial charge >= 0.3 is 0 Å². The van der Waals surface area contributed by atoms with Crippen LogP contribution in [0.15, 0.2) is 321 Å². The van der Waals surface area contributed by atoms with Gasteiger partial charge in [-0.25, -0.2) is 0 Å². The summed E-state index contributed by atoms with van der Waals surface area (Å²) in [5.41, 5.74) is 19.0. The summed E-state index contributed by atoms with van der Waals surface area (Å²) in [6.07, 6.45) is 0. The van der Waals surface area contributed by atoms with Gasteiger partial charge in [-0.1, -0.05) is 283 Å². The van der Waals surface area contributed by atoms with Crippen LogP contribution in [0.3, 0.4) is 0 Å². The molecule has 7 heteroatoms. The van der Waals surface area contributed by atoms with Crippen LogP contribution in [-0.2, 0) is 21.7 Å². The van der Waals surface area contributed by atoms with Crippen LogP contribution in [0.25, 0.3) is 132 Å². The van der Waals surface area contributed by atoms with Crippen molar-refractivity contribution in [1.29, 1.82) is 0 Å². The number of anilines is 6. The van der Waals surface area contributed by atoms with Crippen LogP contribution in [-0.4, -0.2) is 25.0 Å². The predicted molar refractivity (Wildman–Crippen MR) is 483 cm³/mol. The average Bonchev–Trinajstić information content (AvgIpc) is 1.56. The molecule has 0 radical (unpaired) electrons. The fourth-order valence-electron chi connectivity index (χ4n) is 18.0. The standard InChI is InChI=1S/C106H89BN6/c1-103(2,3)68-50-56-91-83(58-68)84-59-69(104(4,5)6)51-57-92(84)111(91)93-48-30-42-79-80-43-31-49-94(102(80)110(101(79)93)72-36-20-15-21-37-72)112-95-64-73(108-87-44-26-22-38-75(87)76-39-23-27-45-88(76)108)52-54-85(95)107-86-55-53-74(109-89-46-28-24-40-77(89)78-41-25-29-47-90(78)109)65-96(86)113(98-63-71(106(10,11)12)62-97(112)99(98)107)100-81(66-32-16-13-17-33-66)60-70(105(7,8)9)61-82(100)67-34-18-14-19-35-67/h13-65H,1-12H3/i22D,23D,24D,25D,26D,27D,28D,29D,38D,39D,40D,41D,44D,45D,46D,47D. The normalized spacial score (nSPS) is 15.2. The summed E-state index contributed by atoms with van der Waals surface area (Å²) in [5, 5.41) is 3.82. The number of para-hydroxylation sites is 7. The van der Waals surface area contributed by atoms with E-state index in [1.807, 2.05) is 78.9 Å². The molecular weight excluding hydrogens is 1370 g/mol. The molecule has 0 unspecified atom stereocenters. The first-order valence-corrected chi connectivity index (χ1v) is 38.9. The topological polar surface area (TPSA) is 26.2 Å². The first-order valence-electron chi connectivity index (χ1n) is 46.9. The zero-order valence-electron chi connectivity index (χ0n) is 81.1. The summed E-state index contributed by atoms with van der Waals surface area (Å²) < 4.78 is 161. The van der Waals surface area contributed by atoms with Gasteiger partial charge in [-0.05, 0) is 193 Å². The second-order valence-corrected chi connectivity index (χ2v) is 34.6. The molecular formula is C106H89BN6. The first kappa shape index (κ1) is 53.1. The predicted octanol–water partition coefficient (Wildman–Crippen LogP) is 26.7. The van der Waals surface area contributed by atoms with Gasteiger partial charge in [0.25, 0.3) is 6.71 Å². The first-order chi connectivity index (χ1) is 61.3. The second kappa shape index (κ2) is 24.8. The third-order valence-electron chi connectivity index (χ3n) is 23.6. The Hall–Kier alpha value is -12.8. The van der Waals surface area contributed by atoms with Gasteiger partial charge in [0, 0.05) is 94.0 Å². The molecule has 6 nitrogen and oxygen atoms in total. The summed E-state index contributed by atoms with van der Waals surface area (Å²) in [6, 6.07) is 70.6. The molecule has 0 aliphatic carbocycles. The number of hydrogen-bond acceptors (Lipinski definition) is 2. The van der Waals surface area contributed by atoms with Crippen molar-refractivity contribution in [3.63, 3.8) is 0 Å². The van der Waals surface area contributed by atoms with Crippen LogP contribution in [0.4, 0.5) is 34.1 Å². The van der Waals surface area contributed by atoms with E-state index >= 15 is 0 Å². The van der Waals surface area contributed by atoms with Crippen LogP contribution in [0.2, 0.25) is 0 Å². The minimum Gasteiger partial charge on any atom is -0.310 e. The Balaban J connectivity index is 0.962. The molecule has 15 aromatic carbocycles. The number of hydrogen-bond donors (Lipinski definition) is 0. The van der Waals surface area contributed by atoms with Crippen LogP contribution in [0.1, 0.15) is 127 Å². The molecule has 546 valence electrons. The maximum absolute atomic E-state index is 9.98. The second-order valence-electron chi connectivity index (χ2n) is 34.6. The molecule has 21 rings (SSSR count). The Morgan fingerprint density at radius 2 is 0.646 bits per heavy atom. The lowest BCUT2D eigenvalue weighted by Gasteiger charge is -2.46. The highest BCUT2D eigenvalue weighted by Crippen LogP contribution is 2.55. The van der Waals surface area contributed by atoms with E-state index in [1.165, 1.54) is 11.1 Å². The molecule has 2 aliphatic rings. The Morgan fingerprint density at radius 3 is 1.09 bits per heavy atom. The van der Waals surface area contributed by atoms with E-state index in [0.717, 1.165) is 128 Å². The van der Waals surface area contributed by atoms with E-state index in [1.54, 1.807) is 9.13 Å². The van der Waals surface area contributed by atoms with E-state index in [9.17, 15) is 19.2 Å². The molecule has 113 heavy (non-hydrogen) atoms. The molecule has 0 saturated heterocycles. The zero-order chi connectivity index (χ0) is 90.8. The van der Waals surface area contributed by atoms with Crippen molar-refractivity contribution in [1.82, 2.24) is 18.3 Å². The van der Waals surface area contributed by atoms with Gasteiger partial charge in [0.2, 0.25) is 0 Å². The Bertz CT molecular complexity index is 7900. The number of rotatable bonds is 8. The van der Waals surface area contributed by atoms with Gasteiger partial charge in [-0.3, -0.25) is 0 Å². The van der Waals surface area contributed by atoms with E-state index in [0.29, 0.717) is 22.7 Å². The van der Waals surface area contributed by atoms with Gasteiger partial charge in [0.05, 0.1) is 83.1 Å². The third kappa shape index (κ3) is 10.5. The quantitative estimate of drug-likeness (QED) is 0.142. The van der Waals surface area contributed by atoms with Gasteiger partial charge in [0.15, 0.2) is 0 Å². The SMILES string of the molecule is [2H]c1c([2H])c([2H])c2c(c1[2H])c1c([2H])c([2H])c([2H])c([2H])c1n2-c1ccc2c(c1)N(c1c(-c3ccccc3)cc(C(C)(C)C)cc1-c1ccccc1)c1cc(C(C)(C)C)cc3c1B2c1ccc(-n2c4c([2H])c([2H])c([2H])c([2H])c4c4c([2H])c([2H])c([2H])c([2H])c42)cc1N3c1cccc2c3cccc(-n4c5ccc(C(C)(C)C)cc5c5cc(C(C)(C)C)ccc54)c3n(-c3ccccc3)c12. The van der Waals surface area contributed by atoms with E-state index in [4.69, 9.17) is 2.74 Å². The maximum Gasteiger partial charge on any atom is 0.252 e. The van der Waals surface area contributed by atoms with Crippen molar-refractivity contribution in [3.05, 3.63) is 343 Å². The maximum atomic E-state index is 9.98. The number of aromatic nitrogens is 4. The molecule has 19 aromatic rings. The Labute approximate surface area is 684 Å². The summed E-state index contributed by atoms with van der Waals surface area (Å²) in [5.74, 6) is 0. The van der Waals surface area contributed by atoms with Gasteiger partial charge in [-0.2, -0.15) is 0 Å². The summed E-state index contributed by atoms with van der Waals surface area (Å²) in [7, 11) is 0. The van der Waals surface area contributed by atoms with E-state index in [-0.39, 0.29) is 54.4 Å². The van der Waals surface area contributed by atoms with Gasteiger partial charge < -0.3 is 28.1 Å². The minimum atomic E-state index is -0.780. The zero-order valence-corrected chi connectivity index (χ0v) is 65.1. The highest BCUT2D eigenvalue weighted by molar-refractivity contribution is 7.00. The summed E-state index contributed by atoms with van der Waals surface area (Å²) in [6.45, 7) is 25.9. The lowest BCUT2D eigenvalue weighted by atomic mass is 9.33. The largest absolute Gasteiger partial charge is 0.310 e. The molecule has 4 aromatic heterocycles. The smallest absolute Gasteiger partial charge is 0.252 e. The summed E-state index contributed by atoms with van der Waals surface area (Å²) in [4.78, 5) is 4.68. The van der Waals surface area contributed by atoms with Gasteiger partial charge in [0.1, 0.15) is 0 Å². The van der Waals surface area contributed by atoms with Crippen molar-refractivity contribution in [2.45, 2.75) is 105 Å². The highest BCUT2D eigenvalue weighted by atomic mass is 15.2. The third-order valence-corrected chi connectivity index (χ3v) is 23.6. The van der Waals surface area contributed by atoms with Gasteiger partial charge in [-0.15, -0.1) is 0 Å². The molecule has 0 fully saturated rings. The number of benzene rings is 15. The molecule has 0 bridgehead atoms. The van der Waals surface area contributed by atoms with Crippen molar-refractivity contribution in [2.75, 3.05) is 9.80 Å². The van der Waals surface area contributed by atoms with Crippen LogP contribution in [0.5, 0.6) is 0 Å². The lowest BCUT2D eigenvalue weighted by Crippen LogP contribution is -2.61. The molecule has 0 atom stereocenters. The molecule has 0 saturated carbocycles. The summed E-state index contributed by atoms with van der Waals surface area (Å²) >= 11 is 0. The van der Waals surface area contributed by atoms with Crippen molar-refractivity contribution >= 4 is 144 Å². The van der Waals surface area contributed by atoms with Crippen molar-refractivity contribution < 1.29 is 21.9 Å². The van der Waals surface area contributed by atoms with Crippen molar-refractivity contribution in [3.8, 4) is 45.0 Å². The molecule has 2 aliphatic heterocycles. The van der Waals surface area contributed by atoms with Crippen LogP contribution < -0.4 is 26.2 Å². The Morgan fingerprint density at radius 1 is 0.257 bits per heavy atom. The number of fused-ring (bicyclic) bond motifs is 16. The lowest BCUT2D eigenvalue weighted by molar-refractivity contribution is 0.590. The fourth-order valence-corrected chi connectivity index (χ4v) is 18.0. The minimum absolute atomic E-state index is 0.0490. The van der Waals surface area contributed by atoms with Crippen LogP contribution >= 0.6 is 0 Å². The van der Waals surface area contributed by atoms with Crippen molar-refractivity contribution in [2.24, 2.45) is 0 Å². The molecule has 0 spiro atoms.